The molecule has 1 aliphatic rings. The van der Waals surface area contributed by atoms with Gasteiger partial charge in [-0.05, 0) is 36.1 Å². The minimum atomic E-state index is -0.701. The Bertz CT molecular complexity index is 839. The SMILES string of the molecule is Cc1ccsc1C1C(C(=O)C(C)(C)C)=C(O)C(=O)N1Cc1ccco1. The Morgan fingerprint density at radius 1 is 1.36 bits per heavy atom. The van der Waals surface area contributed by atoms with E-state index < -0.39 is 23.1 Å². The van der Waals surface area contributed by atoms with E-state index in [1.165, 1.54) is 22.5 Å². The van der Waals surface area contributed by atoms with Crippen molar-refractivity contribution in [2.75, 3.05) is 0 Å². The van der Waals surface area contributed by atoms with Crippen LogP contribution in [0.1, 0.15) is 43.0 Å². The number of furan rings is 1. The molecule has 2 aromatic rings. The highest BCUT2D eigenvalue weighted by atomic mass is 32.1. The van der Waals surface area contributed by atoms with Crippen LogP contribution in [0.4, 0.5) is 0 Å². The number of aliphatic hydroxyl groups excluding tert-OH is 1. The van der Waals surface area contributed by atoms with Gasteiger partial charge in [-0.3, -0.25) is 9.59 Å². The molecule has 3 heterocycles. The molecule has 0 bridgehead atoms. The lowest BCUT2D eigenvalue weighted by Crippen LogP contribution is -2.32. The van der Waals surface area contributed by atoms with Gasteiger partial charge >= 0.3 is 0 Å². The van der Waals surface area contributed by atoms with Crippen LogP contribution in [0.2, 0.25) is 0 Å². The summed E-state index contributed by atoms with van der Waals surface area (Å²) >= 11 is 1.48. The maximum Gasteiger partial charge on any atom is 0.290 e. The molecule has 1 atom stereocenters. The Labute approximate surface area is 150 Å². The van der Waals surface area contributed by atoms with Crippen LogP contribution in [0.25, 0.3) is 0 Å². The molecule has 0 radical (unpaired) electrons. The van der Waals surface area contributed by atoms with Gasteiger partial charge in [0.15, 0.2) is 11.5 Å². The third kappa shape index (κ3) is 3.02. The molecule has 0 aromatic carbocycles. The summed E-state index contributed by atoms with van der Waals surface area (Å²) in [6, 6.07) is 4.87. The van der Waals surface area contributed by atoms with Gasteiger partial charge in [0.1, 0.15) is 11.8 Å². The Balaban J connectivity index is 2.10. The fourth-order valence-corrected chi connectivity index (χ4v) is 4.01. The van der Waals surface area contributed by atoms with E-state index in [1.807, 2.05) is 18.4 Å². The normalized spacial score (nSPS) is 18.3. The molecule has 2 aromatic heterocycles. The molecule has 0 aliphatic carbocycles. The van der Waals surface area contributed by atoms with Crippen molar-refractivity contribution in [2.24, 2.45) is 5.41 Å². The number of amides is 1. The zero-order valence-electron chi connectivity index (χ0n) is 14.7. The van der Waals surface area contributed by atoms with E-state index in [2.05, 4.69) is 0 Å². The van der Waals surface area contributed by atoms with Crippen LogP contribution in [0.3, 0.4) is 0 Å². The van der Waals surface area contributed by atoms with Crippen molar-refractivity contribution in [1.29, 1.82) is 0 Å². The van der Waals surface area contributed by atoms with Gasteiger partial charge in [0, 0.05) is 10.3 Å². The molecule has 1 aliphatic heterocycles. The van der Waals surface area contributed by atoms with Gasteiger partial charge in [-0.25, -0.2) is 0 Å². The summed E-state index contributed by atoms with van der Waals surface area (Å²) in [5.74, 6) is -0.617. The van der Waals surface area contributed by atoms with E-state index in [-0.39, 0.29) is 17.9 Å². The van der Waals surface area contributed by atoms with Crippen LogP contribution in [-0.4, -0.2) is 21.7 Å². The molecule has 3 rings (SSSR count). The third-order valence-corrected chi connectivity index (χ3v) is 5.36. The number of aliphatic hydroxyl groups is 1. The molecular weight excluding hydrogens is 338 g/mol. The van der Waals surface area contributed by atoms with Gasteiger partial charge in [-0.15, -0.1) is 11.3 Å². The molecule has 5 nitrogen and oxygen atoms in total. The van der Waals surface area contributed by atoms with E-state index in [0.29, 0.717) is 5.76 Å². The molecule has 1 N–H and O–H groups in total. The molecule has 132 valence electrons. The second-order valence-corrected chi connectivity index (χ2v) is 8.17. The van der Waals surface area contributed by atoms with Gasteiger partial charge in [0.05, 0.1) is 18.4 Å². The summed E-state index contributed by atoms with van der Waals surface area (Å²) < 4.78 is 5.36. The minimum absolute atomic E-state index is 0.176. The summed E-state index contributed by atoms with van der Waals surface area (Å²) in [4.78, 5) is 28.1. The first-order chi connectivity index (χ1) is 11.7. The Morgan fingerprint density at radius 2 is 2.08 bits per heavy atom. The predicted octanol–water partition coefficient (Wildman–Crippen LogP) is 4.16. The second-order valence-electron chi connectivity index (χ2n) is 7.22. The fraction of sp³-hybridized carbons (Fsp3) is 0.368. The molecule has 6 heteroatoms. The zero-order chi connectivity index (χ0) is 18.4. The van der Waals surface area contributed by atoms with Gasteiger partial charge in [-0.1, -0.05) is 20.8 Å². The summed E-state index contributed by atoms with van der Waals surface area (Å²) in [5.41, 5.74) is 0.462. The summed E-state index contributed by atoms with van der Waals surface area (Å²) in [6.45, 7) is 7.49. The summed E-state index contributed by atoms with van der Waals surface area (Å²) in [7, 11) is 0. The van der Waals surface area contributed by atoms with Gasteiger partial charge in [0.2, 0.25) is 0 Å². The largest absolute Gasteiger partial charge is 0.503 e. The standard InChI is InChI=1S/C19H21NO4S/c1-11-7-9-25-16(11)14-13(17(22)19(2,3)4)15(21)18(23)20(14)10-12-6-5-8-24-12/h5-9,14,21H,10H2,1-4H3. The van der Waals surface area contributed by atoms with E-state index in [9.17, 15) is 14.7 Å². The first kappa shape index (κ1) is 17.5. The molecule has 0 saturated heterocycles. The molecular formula is C19H21NO4S. The zero-order valence-corrected chi connectivity index (χ0v) is 15.5. The molecule has 25 heavy (non-hydrogen) atoms. The van der Waals surface area contributed by atoms with Crippen LogP contribution in [0.5, 0.6) is 0 Å². The Morgan fingerprint density at radius 3 is 2.60 bits per heavy atom. The van der Waals surface area contributed by atoms with Crippen LogP contribution >= 0.6 is 11.3 Å². The Kier molecular flexibility index (Phi) is 4.33. The van der Waals surface area contributed by atoms with Crippen molar-refractivity contribution in [1.82, 2.24) is 4.90 Å². The number of thiophene rings is 1. The number of carbonyl (C=O) groups is 2. The first-order valence-corrected chi connectivity index (χ1v) is 8.95. The molecule has 0 fully saturated rings. The van der Waals surface area contributed by atoms with Crippen molar-refractivity contribution < 1.29 is 19.1 Å². The number of ketones is 1. The van der Waals surface area contributed by atoms with Crippen molar-refractivity contribution in [3.63, 3.8) is 0 Å². The van der Waals surface area contributed by atoms with E-state index >= 15 is 0 Å². The van der Waals surface area contributed by atoms with Crippen molar-refractivity contribution in [2.45, 2.75) is 40.3 Å². The maximum atomic E-state index is 13.0. The lowest BCUT2D eigenvalue weighted by Gasteiger charge is -2.27. The van der Waals surface area contributed by atoms with Gasteiger partial charge in [-0.2, -0.15) is 0 Å². The predicted molar refractivity (Wildman–Crippen MR) is 95.2 cm³/mol. The minimum Gasteiger partial charge on any atom is -0.503 e. The quantitative estimate of drug-likeness (QED) is 0.890. The number of nitrogens with zero attached hydrogens (tertiary/aromatic N) is 1. The maximum absolute atomic E-state index is 13.0. The first-order valence-electron chi connectivity index (χ1n) is 8.07. The summed E-state index contributed by atoms with van der Waals surface area (Å²) in [5, 5.41) is 12.4. The van der Waals surface area contributed by atoms with Crippen LogP contribution in [0, 0.1) is 12.3 Å². The number of aryl methyl sites for hydroxylation is 1. The van der Waals surface area contributed by atoms with Crippen LogP contribution in [-0.2, 0) is 16.1 Å². The lowest BCUT2D eigenvalue weighted by molar-refractivity contribution is -0.130. The van der Waals surface area contributed by atoms with Crippen molar-refractivity contribution in [3.8, 4) is 0 Å². The van der Waals surface area contributed by atoms with Crippen molar-refractivity contribution >= 4 is 23.0 Å². The Hall–Kier alpha value is -2.34. The molecule has 0 saturated carbocycles. The highest BCUT2D eigenvalue weighted by molar-refractivity contribution is 7.10. The number of carbonyl (C=O) groups excluding carboxylic acids is 2. The van der Waals surface area contributed by atoms with Crippen LogP contribution < -0.4 is 0 Å². The highest BCUT2D eigenvalue weighted by Crippen LogP contribution is 2.44. The molecule has 0 spiro atoms. The van der Waals surface area contributed by atoms with Crippen LogP contribution in [0.15, 0.2) is 45.6 Å². The van der Waals surface area contributed by atoms with Gasteiger partial charge < -0.3 is 14.4 Å². The molecule has 1 unspecified atom stereocenters. The second kappa shape index (κ2) is 6.19. The third-order valence-electron chi connectivity index (χ3n) is 4.29. The average molecular weight is 359 g/mol. The smallest absolute Gasteiger partial charge is 0.290 e. The topological polar surface area (TPSA) is 70.8 Å². The van der Waals surface area contributed by atoms with Crippen molar-refractivity contribution in [3.05, 3.63) is 57.4 Å². The highest BCUT2D eigenvalue weighted by Gasteiger charge is 2.47. The molecule has 1 amide bonds. The number of hydrogen-bond acceptors (Lipinski definition) is 5. The monoisotopic (exact) mass is 359 g/mol. The van der Waals surface area contributed by atoms with E-state index in [1.54, 1.807) is 32.9 Å². The average Bonchev–Trinajstić information content (AvgIpc) is 3.23. The van der Waals surface area contributed by atoms with Gasteiger partial charge in [0.25, 0.3) is 5.91 Å². The van der Waals surface area contributed by atoms with E-state index in [0.717, 1.165) is 10.4 Å². The number of rotatable bonds is 4. The number of Topliss-reactive ketones (excluding diaryl/α,β-unsaturated/α-hetero) is 1. The summed E-state index contributed by atoms with van der Waals surface area (Å²) in [6.07, 6.45) is 1.54. The number of hydrogen-bond donors (Lipinski definition) is 1. The lowest BCUT2D eigenvalue weighted by atomic mass is 9.83. The van der Waals surface area contributed by atoms with E-state index in [4.69, 9.17) is 4.42 Å². The fourth-order valence-electron chi connectivity index (χ4n) is 2.96.